The Kier molecular flexibility index (Phi) is 6.07. The van der Waals surface area contributed by atoms with E-state index in [1.165, 1.54) is 12.1 Å². The van der Waals surface area contributed by atoms with E-state index < -0.39 is 40.7 Å². The van der Waals surface area contributed by atoms with Gasteiger partial charge in [0.15, 0.2) is 0 Å². The second-order valence-corrected chi connectivity index (χ2v) is 6.70. The molecule has 3 rings (SSSR count). The number of phenols is 1. The molecule has 0 saturated heterocycles. The standard InChI is InChI=1S/C22H15F6NO3/c23-21(24,25)20(22(26,27)28,15-8-12-17(30)13-9-15)14-6-10-16(11-7-14)29-19(31)32-18-4-2-1-3-5-18/h1-13,30H,(H,29,31). The first-order chi connectivity index (χ1) is 14.9. The van der Waals surface area contributed by atoms with E-state index in [9.17, 15) is 36.2 Å². The maximum absolute atomic E-state index is 14.0. The molecular formula is C22H15F6NO3. The van der Waals surface area contributed by atoms with Crippen molar-refractivity contribution < 1.29 is 41.0 Å². The summed E-state index contributed by atoms with van der Waals surface area (Å²) < 4.78 is 89.1. The molecule has 0 atom stereocenters. The van der Waals surface area contributed by atoms with Crippen LogP contribution in [0.4, 0.5) is 36.8 Å². The lowest BCUT2D eigenvalue weighted by Gasteiger charge is -2.38. The van der Waals surface area contributed by atoms with Gasteiger partial charge in [0.05, 0.1) is 0 Å². The molecule has 1 amide bonds. The predicted molar refractivity (Wildman–Crippen MR) is 104 cm³/mol. The average molecular weight is 455 g/mol. The molecule has 0 radical (unpaired) electrons. The van der Waals surface area contributed by atoms with Gasteiger partial charge >= 0.3 is 18.4 Å². The average Bonchev–Trinajstić information content (AvgIpc) is 2.70. The van der Waals surface area contributed by atoms with Crippen LogP contribution in [0.3, 0.4) is 0 Å². The molecule has 0 bridgehead atoms. The molecule has 0 unspecified atom stereocenters. The Balaban J connectivity index is 1.98. The first-order valence-electron chi connectivity index (χ1n) is 9.02. The molecule has 3 aromatic rings. The second-order valence-electron chi connectivity index (χ2n) is 6.70. The maximum atomic E-state index is 14.0. The zero-order valence-corrected chi connectivity index (χ0v) is 16.0. The van der Waals surface area contributed by atoms with Crippen LogP contribution in [0, 0.1) is 0 Å². The molecule has 0 aliphatic carbocycles. The van der Waals surface area contributed by atoms with Gasteiger partial charge in [0.2, 0.25) is 5.41 Å². The van der Waals surface area contributed by atoms with E-state index in [0.29, 0.717) is 24.3 Å². The Labute approximate surface area is 178 Å². The Bertz CT molecular complexity index is 1050. The van der Waals surface area contributed by atoms with Crippen molar-refractivity contribution in [1.29, 1.82) is 0 Å². The highest BCUT2D eigenvalue weighted by Gasteiger charge is 2.72. The molecule has 3 aromatic carbocycles. The van der Waals surface area contributed by atoms with Gasteiger partial charge < -0.3 is 9.84 Å². The van der Waals surface area contributed by atoms with E-state index in [1.54, 1.807) is 18.2 Å². The van der Waals surface area contributed by atoms with Gasteiger partial charge in [-0.05, 0) is 47.5 Å². The summed E-state index contributed by atoms with van der Waals surface area (Å²) in [5.74, 6) is -0.286. The van der Waals surface area contributed by atoms with Gasteiger partial charge in [-0.2, -0.15) is 26.3 Å². The summed E-state index contributed by atoms with van der Waals surface area (Å²) in [6.07, 6.45) is -12.5. The maximum Gasteiger partial charge on any atom is 0.417 e. The number of carbonyl (C=O) groups excluding carboxylic acids is 1. The highest BCUT2D eigenvalue weighted by atomic mass is 19.4. The van der Waals surface area contributed by atoms with Crippen LogP contribution in [-0.2, 0) is 5.41 Å². The van der Waals surface area contributed by atoms with Crippen LogP contribution in [0.2, 0.25) is 0 Å². The number of ether oxygens (including phenoxy) is 1. The van der Waals surface area contributed by atoms with Crippen LogP contribution in [0.15, 0.2) is 78.9 Å². The first kappa shape index (κ1) is 23.0. The number of anilines is 1. The largest absolute Gasteiger partial charge is 0.508 e. The van der Waals surface area contributed by atoms with Crippen LogP contribution in [0.1, 0.15) is 11.1 Å². The highest BCUT2D eigenvalue weighted by Crippen LogP contribution is 2.56. The van der Waals surface area contributed by atoms with Gasteiger partial charge in [0.1, 0.15) is 11.5 Å². The van der Waals surface area contributed by atoms with Crippen molar-refractivity contribution in [3.8, 4) is 11.5 Å². The monoisotopic (exact) mass is 455 g/mol. The van der Waals surface area contributed by atoms with Gasteiger partial charge in [0, 0.05) is 5.69 Å². The third-order valence-corrected chi connectivity index (χ3v) is 4.67. The van der Waals surface area contributed by atoms with E-state index in [0.717, 1.165) is 24.3 Å². The fraction of sp³-hybridized carbons (Fsp3) is 0.136. The van der Waals surface area contributed by atoms with Crippen molar-refractivity contribution in [2.75, 3.05) is 5.32 Å². The van der Waals surface area contributed by atoms with Gasteiger partial charge in [-0.15, -0.1) is 0 Å². The van der Waals surface area contributed by atoms with E-state index in [2.05, 4.69) is 5.32 Å². The number of para-hydroxylation sites is 1. The molecule has 4 nitrogen and oxygen atoms in total. The van der Waals surface area contributed by atoms with Crippen molar-refractivity contribution in [3.63, 3.8) is 0 Å². The second kappa shape index (κ2) is 8.45. The first-order valence-corrected chi connectivity index (χ1v) is 9.02. The van der Waals surface area contributed by atoms with Crippen molar-refractivity contribution >= 4 is 11.8 Å². The summed E-state index contributed by atoms with van der Waals surface area (Å²) in [5.41, 5.74) is -6.64. The number of hydrogen-bond acceptors (Lipinski definition) is 3. The van der Waals surface area contributed by atoms with Gasteiger partial charge in [0.25, 0.3) is 0 Å². The zero-order chi connectivity index (χ0) is 23.6. The Hall–Kier alpha value is -3.69. The summed E-state index contributed by atoms with van der Waals surface area (Å²) in [6.45, 7) is 0. The van der Waals surface area contributed by atoms with Crippen molar-refractivity contribution in [1.82, 2.24) is 0 Å². The van der Waals surface area contributed by atoms with E-state index >= 15 is 0 Å². The summed E-state index contributed by atoms with van der Waals surface area (Å²) >= 11 is 0. The van der Waals surface area contributed by atoms with Gasteiger partial charge in [-0.1, -0.05) is 42.5 Å². The number of nitrogens with one attached hydrogen (secondary N) is 1. The fourth-order valence-corrected chi connectivity index (χ4v) is 3.24. The summed E-state index contributed by atoms with van der Waals surface area (Å²) in [7, 11) is 0. The third-order valence-electron chi connectivity index (χ3n) is 4.67. The summed E-state index contributed by atoms with van der Waals surface area (Å²) in [5, 5.41) is 11.5. The number of hydrogen-bond donors (Lipinski definition) is 2. The number of amides is 1. The van der Waals surface area contributed by atoms with E-state index in [4.69, 9.17) is 4.74 Å². The van der Waals surface area contributed by atoms with E-state index in [1.807, 2.05) is 0 Å². The number of carbonyl (C=O) groups is 1. The molecule has 0 aliphatic rings. The Morgan fingerprint density at radius 2 is 1.19 bits per heavy atom. The van der Waals surface area contributed by atoms with Crippen molar-refractivity contribution in [3.05, 3.63) is 90.0 Å². The molecule has 32 heavy (non-hydrogen) atoms. The molecule has 0 fully saturated rings. The SMILES string of the molecule is O=C(Nc1ccc(C(c2ccc(O)cc2)(C(F)(F)F)C(F)(F)F)cc1)Oc1ccccc1. The minimum Gasteiger partial charge on any atom is -0.508 e. The molecule has 0 spiro atoms. The molecule has 0 aliphatic heterocycles. The molecule has 168 valence electrons. The molecule has 0 saturated carbocycles. The predicted octanol–water partition coefficient (Wildman–Crippen LogP) is 6.41. The Morgan fingerprint density at radius 3 is 1.66 bits per heavy atom. The third kappa shape index (κ3) is 4.34. The minimum absolute atomic E-state index is 0.0707. The summed E-state index contributed by atoms with van der Waals surface area (Å²) in [6, 6.07) is 13.6. The van der Waals surface area contributed by atoms with E-state index in [-0.39, 0.29) is 11.4 Å². The molecule has 10 heteroatoms. The van der Waals surface area contributed by atoms with Gasteiger partial charge in [-0.3, -0.25) is 5.32 Å². The lowest BCUT2D eigenvalue weighted by atomic mass is 9.73. The highest BCUT2D eigenvalue weighted by molar-refractivity contribution is 5.86. The van der Waals surface area contributed by atoms with Crippen molar-refractivity contribution in [2.45, 2.75) is 17.8 Å². The number of alkyl halides is 6. The number of halogens is 6. The quantitative estimate of drug-likeness (QED) is 0.447. The molecule has 0 aromatic heterocycles. The zero-order valence-electron chi connectivity index (χ0n) is 16.0. The van der Waals surface area contributed by atoms with Crippen LogP contribution in [-0.4, -0.2) is 23.6 Å². The molecule has 0 heterocycles. The lowest BCUT2D eigenvalue weighted by Crippen LogP contribution is -2.54. The smallest absolute Gasteiger partial charge is 0.417 e. The van der Waals surface area contributed by atoms with Gasteiger partial charge in [-0.25, -0.2) is 4.79 Å². The van der Waals surface area contributed by atoms with Crippen LogP contribution in [0.25, 0.3) is 0 Å². The fourth-order valence-electron chi connectivity index (χ4n) is 3.24. The normalized spacial score (nSPS) is 12.3. The van der Waals surface area contributed by atoms with Crippen LogP contribution in [0.5, 0.6) is 11.5 Å². The Morgan fingerprint density at radius 1 is 0.719 bits per heavy atom. The number of aromatic hydroxyl groups is 1. The van der Waals surface area contributed by atoms with Crippen LogP contribution >= 0.6 is 0 Å². The van der Waals surface area contributed by atoms with Crippen LogP contribution < -0.4 is 10.1 Å². The molecule has 2 N–H and O–H groups in total. The number of benzene rings is 3. The topological polar surface area (TPSA) is 58.6 Å². The summed E-state index contributed by atoms with van der Waals surface area (Å²) in [4.78, 5) is 11.9. The van der Waals surface area contributed by atoms with Crippen molar-refractivity contribution in [2.24, 2.45) is 0 Å². The lowest BCUT2D eigenvalue weighted by molar-refractivity contribution is -0.288. The number of rotatable bonds is 4. The number of phenolic OH excluding ortho intramolecular Hbond substituents is 1. The minimum atomic E-state index is -5.76. The molecular weight excluding hydrogens is 440 g/mol.